The number of nitroso groups, excluding NO2 is 1. The van der Waals surface area contributed by atoms with E-state index in [0.29, 0.717) is 17.1 Å². The average molecular weight is 199 g/mol. The summed E-state index contributed by atoms with van der Waals surface area (Å²) < 4.78 is 0. The van der Waals surface area contributed by atoms with Crippen molar-refractivity contribution in [2.45, 2.75) is 13.8 Å². The van der Waals surface area contributed by atoms with Gasteiger partial charge in [0, 0.05) is 0 Å². The van der Waals surface area contributed by atoms with Crippen LogP contribution in [0.15, 0.2) is 11.4 Å². The Bertz CT molecular complexity index is 362. The Kier molecular flexibility index (Phi) is 5.31. The molecule has 0 unspecified atom stereocenters. The van der Waals surface area contributed by atoms with Crippen molar-refractivity contribution in [1.82, 2.24) is 4.98 Å². The molecular formula is C8H8N4NaO+. The van der Waals surface area contributed by atoms with Gasteiger partial charge in [0.15, 0.2) is 0 Å². The van der Waals surface area contributed by atoms with Gasteiger partial charge in [-0.3, -0.25) is 0 Å². The fourth-order valence-corrected chi connectivity index (χ4v) is 1.10. The van der Waals surface area contributed by atoms with E-state index in [0.717, 1.165) is 5.56 Å². The molecule has 66 valence electrons. The maximum absolute atomic E-state index is 9.89. The fraction of sp³-hybridized carbons (Fsp3) is 0.250. The Labute approximate surface area is 104 Å². The molecular weight excluding hydrogens is 191 g/mol. The number of aromatic nitrogens is 1. The topological polar surface area (TPSA) is 78.1 Å². The van der Waals surface area contributed by atoms with E-state index in [9.17, 15) is 4.91 Å². The number of rotatable bonds is 2. The Morgan fingerprint density at radius 3 is 2.64 bits per heavy atom. The van der Waals surface area contributed by atoms with Gasteiger partial charge in [-0.15, -0.1) is 4.91 Å². The van der Waals surface area contributed by atoms with Gasteiger partial charge >= 0.3 is 29.6 Å². The van der Waals surface area contributed by atoms with Gasteiger partial charge in [0.1, 0.15) is 11.9 Å². The zero-order chi connectivity index (χ0) is 9.84. The van der Waals surface area contributed by atoms with E-state index >= 15 is 0 Å². The van der Waals surface area contributed by atoms with Gasteiger partial charge in [0.05, 0.1) is 16.5 Å². The number of anilines is 1. The van der Waals surface area contributed by atoms with Crippen LogP contribution in [0, 0.1) is 30.1 Å². The Hall–Kier alpha value is -0.960. The summed E-state index contributed by atoms with van der Waals surface area (Å²) in [6.07, 6.45) is 0. The molecule has 1 N–H and O–H groups in total. The monoisotopic (exact) mass is 199 g/mol. The molecule has 0 aliphatic heterocycles. The van der Waals surface area contributed by atoms with Crippen molar-refractivity contribution in [3.63, 3.8) is 0 Å². The Balaban J connectivity index is 0.00000169. The molecule has 0 aromatic carbocycles. The quantitative estimate of drug-likeness (QED) is 0.363. The largest absolute Gasteiger partial charge is 1.00 e. The van der Waals surface area contributed by atoms with Crippen LogP contribution >= 0.6 is 0 Å². The number of aryl methyl sites for hydroxylation is 2. The number of hydrogen-bond donors (Lipinski definition) is 1. The van der Waals surface area contributed by atoms with Gasteiger partial charge in [0.25, 0.3) is 0 Å². The van der Waals surface area contributed by atoms with Crippen molar-refractivity contribution in [3.8, 4) is 6.07 Å². The molecule has 0 bridgehead atoms. The molecule has 1 aromatic heterocycles. The normalized spacial score (nSPS) is 8.36. The number of nitrogens with zero attached hydrogens (tertiary/aromatic N) is 3. The summed E-state index contributed by atoms with van der Waals surface area (Å²) in [6.45, 7) is 3.49. The van der Waals surface area contributed by atoms with Crippen LogP contribution in [0.2, 0.25) is 0 Å². The molecule has 0 saturated carbocycles. The van der Waals surface area contributed by atoms with Gasteiger partial charge in [-0.2, -0.15) is 5.26 Å². The van der Waals surface area contributed by atoms with Crippen LogP contribution in [-0.4, -0.2) is 4.98 Å². The maximum atomic E-state index is 9.89. The number of nitriles is 1. The van der Waals surface area contributed by atoms with Crippen molar-refractivity contribution in [2.75, 3.05) is 5.43 Å². The predicted octanol–water partition coefficient (Wildman–Crippen LogP) is -1.33. The summed E-state index contributed by atoms with van der Waals surface area (Å²) in [6, 6.07) is 3.64. The third-order valence-corrected chi connectivity index (χ3v) is 1.67. The van der Waals surface area contributed by atoms with Gasteiger partial charge in [-0.05, 0) is 25.5 Å². The molecule has 1 aromatic rings. The minimum Gasteiger partial charge on any atom is -0.233 e. The average Bonchev–Trinajstić information content (AvgIpc) is 2.04. The molecule has 1 heterocycles. The summed E-state index contributed by atoms with van der Waals surface area (Å²) in [4.78, 5) is 13.9. The van der Waals surface area contributed by atoms with Crippen LogP contribution in [0.5, 0.6) is 0 Å². The van der Waals surface area contributed by atoms with Crippen LogP contribution < -0.4 is 35.0 Å². The van der Waals surface area contributed by atoms with Gasteiger partial charge in [0.2, 0.25) is 0 Å². The zero-order valence-electron chi connectivity index (χ0n) is 8.33. The van der Waals surface area contributed by atoms with Crippen molar-refractivity contribution in [3.05, 3.63) is 27.8 Å². The molecule has 6 heteroatoms. The minimum absolute atomic E-state index is 0. The molecule has 14 heavy (non-hydrogen) atoms. The summed E-state index contributed by atoms with van der Waals surface area (Å²) in [5.41, 5.74) is 4.10. The molecule has 0 radical (unpaired) electrons. The van der Waals surface area contributed by atoms with Crippen LogP contribution in [-0.2, 0) is 0 Å². The summed E-state index contributed by atoms with van der Waals surface area (Å²) in [5, 5.41) is 11.2. The van der Waals surface area contributed by atoms with E-state index in [1.165, 1.54) is 0 Å². The van der Waals surface area contributed by atoms with E-state index < -0.39 is 0 Å². The number of pyridine rings is 1. The Morgan fingerprint density at radius 1 is 1.57 bits per heavy atom. The first-order valence-electron chi connectivity index (χ1n) is 3.65. The van der Waals surface area contributed by atoms with Crippen molar-refractivity contribution >= 4 is 5.82 Å². The molecule has 0 aliphatic rings. The molecule has 0 saturated heterocycles. The SMILES string of the molecule is Cc1cc(NN=O)nc(C)c1C#N.[Na+]. The van der Waals surface area contributed by atoms with Gasteiger partial charge in [-0.25, -0.2) is 10.4 Å². The summed E-state index contributed by atoms with van der Waals surface area (Å²) in [7, 11) is 0. The third kappa shape index (κ3) is 2.77. The number of nitrogens with one attached hydrogen (secondary N) is 1. The summed E-state index contributed by atoms with van der Waals surface area (Å²) in [5.74, 6) is 0.365. The molecule has 0 atom stereocenters. The first-order chi connectivity index (χ1) is 6.19. The maximum Gasteiger partial charge on any atom is 1.00 e. The molecule has 0 amide bonds. The second kappa shape index (κ2) is 5.70. The molecule has 0 spiro atoms. The van der Waals surface area contributed by atoms with E-state index in [-0.39, 0.29) is 29.6 Å². The van der Waals surface area contributed by atoms with Crippen LogP contribution in [0.3, 0.4) is 0 Å². The van der Waals surface area contributed by atoms with Crippen LogP contribution in [0.25, 0.3) is 0 Å². The minimum atomic E-state index is 0. The van der Waals surface area contributed by atoms with E-state index in [1.807, 2.05) is 6.07 Å². The standard InChI is InChI=1S/C8H8N4O.Na/c1-5-3-8(11-12-13)10-6(2)7(5)4-9;/h3H,1-2H3,(H,10,11,13);/q;+1. The van der Waals surface area contributed by atoms with Gasteiger partial charge < -0.3 is 0 Å². The smallest absolute Gasteiger partial charge is 0.233 e. The second-order valence-electron chi connectivity index (χ2n) is 2.60. The molecule has 0 aliphatic carbocycles. The zero-order valence-corrected chi connectivity index (χ0v) is 10.3. The first-order valence-corrected chi connectivity index (χ1v) is 3.65. The fourth-order valence-electron chi connectivity index (χ4n) is 1.10. The van der Waals surface area contributed by atoms with E-state index in [4.69, 9.17) is 5.26 Å². The first kappa shape index (κ1) is 13.0. The Morgan fingerprint density at radius 2 is 2.21 bits per heavy atom. The van der Waals surface area contributed by atoms with Crippen molar-refractivity contribution in [1.29, 1.82) is 5.26 Å². The van der Waals surface area contributed by atoms with Crippen LogP contribution in [0.4, 0.5) is 5.82 Å². The molecule has 0 fully saturated rings. The van der Waals surface area contributed by atoms with E-state index in [1.54, 1.807) is 19.9 Å². The van der Waals surface area contributed by atoms with E-state index in [2.05, 4.69) is 15.7 Å². The summed E-state index contributed by atoms with van der Waals surface area (Å²) >= 11 is 0. The number of hydrogen-bond acceptors (Lipinski definition) is 4. The van der Waals surface area contributed by atoms with Gasteiger partial charge in [-0.1, -0.05) is 0 Å². The molecule has 5 nitrogen and oxygen atoms in total. The van der Waals surface area contributed by atoms with Crippen molar-refractivity contribution < 1.29 is 29.6 Å². The molecule has 1 rings (SSSR count). The predicted molar refractivity (Wildman–Crippen MR) is 47.8 cm³/mol. The second-order valence-corrected chi connectivity index (χ2v) is 2.60. The van der Waals surface area contributed by atoms with Crippen molar-refractivity contribution in [2.24, 2.45) is 5.29 Å². The van der Waals surface area contributed by atoms with Crippen LogP contribution in [0.1, 0.15) is 16.8 Å². The third-order valence-electron chi connectivity index (χ3n) is 1.67.